The van der Waals surface area contributed by atoms with Crippen LogP contribution in [0.1, 0.15) is 43.4 Å². The monoisotopic (exact) mass is 536 g/mol. The zero-order valence-corrected chi connectivity index (χ0v) is 24.3. The molecule has 0 N–H and O–H groups in total. The largest absolute Gasteiger partial charge is 0.454 e. The molecule has 0 saturated heterocycles. The van der Waals surface area contributed by atoms with Gasteiger partial charge in [-0.15, -0.1) is 0 Å². The lowest BCUT2D eigenvalue weighted by molar-refractivity contribution is 0.590. The number of pyridine rings is 2. The second kappa shape index (κ2) is 9.13. The second-order valence-corrected chi connectivity index (χ2v) is 11.9. The number of rotatable bonds is 3. The van der Waals surface area contributed by atoms with Gasteiger partial charge in [0.25, 0.3) is 0 Å². The van der Waals surface area contributed by atoms with E-state index in [0.717, 1.165) is 78.4 Å². The van der Waals surface area contributed by atoms with Gasteiger partial charge in [-0.3, -0.25) is 9.55 Å². The Morgan fingerprint density at radius 3 is 2.27 bits per heavy atom. The number of hydrogen-bond acceptors (Lipinski definition) is 4. The Bertz CT molecular complexity index is 2110. The van der Waals surface area contributed by atoms with Gasteiger partial charge in [-0.05, 0) is 79.8 Å². The highest BCUT2D eigenvalue weighted by molar-refractivity contribution is 6.08. The van der Waals surface area contributed by atoms with E-state index in [9.17, 15) is 0 Å². The van der Waals surface area contributed by atoms with Crippen molar-refractivity contribution in [3.63, 3.8) is 0 Å². The summed E-state index contributed by atoms with van der Waals surface area (Å²) in [5.41, 5.74) is 12.7. The maximum Gasteiger partial charge on any atom is 0.153 e. The summed E-state index contributed by atoms with van der Waals surface area (Å²) in [5.74, 6) is 0.817. The summed E-state index contributed by atoms with van der Waals surface area (Å²) in [6.07, 6.45) is 0. The highest BCUT2D eigenvalue weighted by atomic mass is 16.3. The zero-order valence-electron chi connectivity index (χ0n) is 24.3. The van der Waals surface area contributed by atoms with Crippen LogP contribution in [0.15, 0.2) is 89.3 Å². The van der Waals surface area contributed by atoms with Gasteiger partial charge in [-0.1, -0.05) is 63.2 Å². The van der Waals surface area contributed by atoms with Gasteiger partial charge in [0.05, 0.1) is 22.5 Å². The summed E-state index contributed by atoms with van der Waals surface area (Å²) < 4.78 is 8.77. The molecule has 5 heteroatoms. The van der Waals surface area contributed by atoms with E-state index in [4.69, 9.17) is 19.4 Å². The number of aromatic nitrogens is 4. The average molecular weight is 537 g/mol. The van der Waals surface area contributed by atoms with Gasteiger partial charge >= 0.3 is 0 Å². The predicted molar refractivity (Wildman–Crippen MR) is 168 cm³/mol. The normalized spacial score (nSPS) is 12.1. The number of aryl methyl sites for hydroxylation is 3. The van der Waals surface area contributed by atoms with Crippen molar-refractivity contribution in [2.24, 2.45) is 0 Å². The first-order valence-electron chi connectivity index (χ1n) is 14.1. The van der Waals surface area contributed by atoms with E-state index in [2.05, 4.69) is 98.1 Å². The lowest BCUT2D eigenvalue weighted by atomic mass is 9.85. The van der Waals surface area contributed by atoms with Crippen LogP contribution in [0.3, 0.4) is 0 Å². The lowest BCUT2D eigenvalue weighted by Gasteiger charge is -2.23. The summed E-state index contributed by atoms with van der Waals surface area (Å²) in [6.45, 7) is 12.8. The third-order valence-electron chi connectivity index (χ3n) is 7.85. The lowest BCUT2D eigenvalue weighted by Crippen LogP contribution is -2.12. The van der Waals surface area contributed by atoms with Gasteiger partial charge in [0.2, 0.25) is 0 Å². The van der Waals surface area contributed by atoms with Gasteiger partial charge in [0.1, 0.15) is 22.4 Å². The van der Waals surface area contributed by atoms with E-state index in [0.29, 0.717) is 0 Å². The molecule has 0 amide bonds. The fourth-order valence-electron chi connectivity index (χ4n) is 5.79. The summed E-state index contributed by atoms with van der Waals surface area (Å²) in [6, 6.07) is 29.8. The Morgan fingerprint density at radius 1 is 0.683 bits per heavy atom. The highest BCUT2D eigenvalue weighted by Crippen LogP contribution is 2.40. The molecule has 202 valence electrons. The fraction of sp³-hybridized carbons (Fsp3) is 0.194. The molecule has 0 unspecified atom stereocenters. The summed E-state index contributed by atoms with van der Waals surface area (Å²) in [5, 5.41) is 0.984. The molecule has 7 aromatic rings. The maximum atomic E-state index is 6.48. The molecule has 0 atom stereocenters. The Hall–Kier alpha value is -4.77. The molecule has 41 heavy (non-hydrogen) atoms. The highest BCUT2D eigenvalue weighted by Gasteiger charge is 2.24. The Kier molecular flexibility index (Phi) is 5.62. The van der Waals surface area contributed by atoms with Gasteiger partial charge in [-0.25, -0.2) is 9.97 Å². The Labute approximate surface area is 239 Å². The van der Waals surface area contributed by atoms with Crippen molar-refractivity contribution in [2.75, 3.05) is 0 Å². The first kappa shape index (κ1) is 25.2. The number of imidazole rings is 1. The minimum atomic E-state index is 0.00396. The molecule has 4 aromatic heterocycles. The summed E-state index contributed by atoms with van der Waals surface area (Å²) in [7, 11) is 0. The third kappa shape index (κ3) is 4.12. The van der Waals surface area contributed by atoms with Crippen molar-refractivity contribution in [1.82, 2.24) is 19.5 Å². The molecule has 0 bridgehead atoms. The van der Waals surface area contributed by atoms with E-state index < -0.39 is 0 Å². The van der Waals surface area contributed by atoms with Crippen molar-refractivity contribution in [3.8, 4) is 28.2 Å². The van der Waals surface area contributed by atoms with E-state index in [1.54, 1.807) is 0 Å². The number of fused-ring (bicyclic) bond motifs is 4. The smallest absolute Gasteiger partial charge is 0.153 e. The van der Waals surface area contributed by atoms with E-state index in [1.165, 1.54) is 5.56 Å². The van der Waals surface area contributed by atoms with Crippen LogP contribution >= 0.6 is 0 Å². The van der Waals surface area contributed by atoms with E-state index in [1.807, 2.05) is 32.9 Å². The molecule has 0 radical (unpaired) electrons. The molecule has 3 aromatic carbocycles. The molecular weight excluding hydrogens is 504 g/mol. The number of para-hydroxylation sites is 1. The fourth-order valence-corrected chi connectivity index (χ4v) is 5.79. The number of benzene rings is 3. The zero-order chi connectivity index (χ0) is 28.5. The molecule has 0 spiro atoms. The van der Waals surface area contributed by atoms with Crippen LogP contribution in [0.5, 0.6) is 0 Å². The van der Waals surface area contributed by atoms with Gasteiger partial charge in [0, 0.05) is 22.3 Å². The topological polar surface area (TPSA) is 56.7 Å². The Balaban J connectivity index is 1.61. The van der Waals surface area contributed by atoms with Crippen molar-refractivity contribution in [3.05, 3.63) is 108 Å². The third-order valence-corrected chi connectivity index (χ3v) is 7.85. The van der Waals surface area contributed by atoms with Crippen LogP contribution in [0, 0.1) is 20.8 Å². The first-order valence-corrected chi connectivity index (χ1v) is 14.1. The number of furan rings is 1. The molecule has 4 heterocycles. The minimum absolute atomic E-state index is 0.00396. The summed E-state index contributed by atoms with van der Waals surface area (Å²) >= 11 is 0. The Morgan fingerprint density at radius 2 is 1.49 bits per heavy atom. The van der Waals surface area contributed by atoms with E-state index in [-0.39, 0.29) is 5.41 Å². The predicted octanol–water partition coefficient (Wildman–Crippen LogP) is 9.27. The van der Waals surface area contributed by atoms with Crippen LogP contribution < -0.4 is 0 Å². The molecule has 0 aliphatic carbocycles. The van der Waals surface area contributed by atoms with Crippen LogP contribution in [0.25, 0.3) is 61.3 Å². The molecule has 5 nitrogen and oxygen atoms in total. The van der Waals surface area contributed by atoms with Gasteiger partial charge in [0.15, 0.2) is 5.58 Å². The van der Waals surface area contributed by atoms with Crippen molar-refractivity contribution < 1.29 is 4.42 Å². The van der Waals surface area contributed by atoms with Crippen LogP contribution in [-0.4, -0.2) is 19.5 Å². The maximum absolute atomic E-state index is 6.48. The van der Waals surface area contributed by atoms with E-state index >= 15 is 0 Å². The molecular formula is C36H32N4O. The SMILES string of the molecule is Cc1cc2c(nc(-c3cccc4c3oc3ccc(C)nc34)n2-c2ccc(C(C)(C)C)cc2-c2ccccc2)c(C)n1. The minimum Gasteiger partial charge on any atom is -0.454 e. The van der Waals surface area contributed by atoms with Crippen molar-refractivity contribution in [2.45, 2.75) is 47.0 Å². The van der Waals surface area contributed by atoms with Crippen molar-refractivity contribution >= 4 is 33.1 Å². The van der Waals surface area contributed by atoms with Crippen LogP contribution in [0.4, 0.5) is 0 Å². The first-order chi connectivity index (χ1) is 19.7. The second-order valence-electron chi connectivity index (χ2n) is 11.9. The van der Waals surface area contributed by atoms with Gasteiger partial charge in [-0.2, -0.15) is 0 Å². The quantitative estimate of drug-likeness (QED) is 0.226. The number of nitrogens with zero attached hydrogens (tertiary/aromatic N) is 4. The molecule has 7 rings (SSSR count). The van der Waals surface area contributed by atoms with Crippen molar-refractivity contribution in [1.29, 1.82) is 0 Å². The standard InChI is InChI=1S/C36H32N4O/c1-21-15-18-31-33(38-21)26-13-10-14-27(34(26)41-31)35-39-32-23(3)37-22(2)19-30(32)40(35)29-17-16-25(36(4,5)6)20-28(29)24-11-8-7-9-12-24/h7-20H,1-6H3. The molecule has 0 aliphatic heterocycles. The number of hydrogen-bond donors (Lipinski definition) is 0. The molecule has 0 fully saturated rings. The van der Waals surface area contributed by atoms with Gasteiger partial charge < -0.3 is 4.42 Å². The molecule has 0 aliphatic rings. The average Bonchev–Trinajstić information content (AvgIpc) is 3.51. The summed E-state index contributed by atoms with van der Waals surface area (Å²) in [4.78, 5) is 14.8. The van der Waals surface area contributed by atoms with Crippen LogP contribution in [-0.2, 0) is 5.41 Å². The van der Waals surface area contributed by atoms with Crippen LogP contribution in [0.2, 0.25) is 0 Å². The molecule has 0 saturated carbocycles.